The second-order valence-corrected chi connectivity index (χ2v) is 4.31. The van der Waals surface area contributed by atoms with Crippen LogP contribution in [0.15, 0.2) is 48.5 Å². The molecule has 4 nitrogen and oxygen atoms in total. The minimum Gasteiger partial charge on any atom is -0.545 e. The van der Waals surface area contributed by atoms with Crippen molar-refractivity contribution in [2.45, 2.75) is 13.8 Å². The summed E-state index contributed by atoms with van der Waals surface area (Å²) in [6, 6.07) is 13.1. The van der Waals surface area contributed by atoms with Crippen LogP contribution in [0, 0.1) is 13.8 Å². The Morgan fingerprint density at radius 2 is 0.905 bits per heavy atom. The van der Waals surface area contributed by atoms with Crippen LogP contribution in [-0.4, -0.2) is 11.9 Å². The zero-order valence-electron chi connectivity index (χ0n) is 11.6. The van der Waals surface area contributed by atoms with Gasteiger partial charge in [0, 0.05) is 0 Å². The summed E-state index contributed by atoms with van der Waals surface area (Å²) in [4.78, 5) is 20.4. The number of benzene rings is 2. The first-order valence-electron chi connectivity index (χ1n) is 5.96. The summed E-state index contributed by atoms with van der Waals surface area (Å²) in [5, 5.41) is 20.4. The normalized spacial score (nSPS) is 8.86. The predicted octanol–water partition coefficient (Wildman–Crippen LogP) is 0.715. The largest absolute Gasteiger partial charge is 2.00 e. The van der Waals surface area contributed by atoms with Gasteiger partial charge in [-0.05, 0) is 25.0 Å². The molecule has 0 amide bonds. The van der Waals surface area contributed by atoms with E-state index in [2.05, 4.69) is 0 Å². The quantitative estimate of drug-likeness (QED) is 0.813. The summed E-state index contributed by atoms with van der Waals surface area (Å²) in [5.41, 5.74) is 2.55. The Labute approximate surface area is 133 Å². The molecule has 0 N–H and O–H groups in total. The van der Waals surface area contributed by atoms with E-state index in [0.29, 0.717) is 0 Å². The van der Waals surface area contributed by atoms with Crippen molar-refractivity contribution in [3.63, 3.8) is 0 Å². The van der Waals surface area contributed by atoms with E-state index in [1.807, 2.05) is 13.8 Å². The molecule has 2 aromatic carbocycles. The minimum atomic E-state index is -1.12. The molecule has 0 heterocycles. The van der Waals surface area contributed by atoms with Crippen LogP contribution in [0.2, 0.25) is 0 Å². The van der Waals surface area contributed by atoms with E-state index >= 15 is 0 Å². The Morgan fingerprint density at radius 3 is 1.10 bits per heavy atom. The Kier molecular flexibility index (Phi) is 8.04. The van der Waals surface area contributed by atoms with Crippen LogP contribution in [0.4, 0.5) is 0 Å². The van der Waals surface area contributed by atoms with Gasteiger partial charge in [-0.2, -0.15) is 0 Å². The van der Waals surface area contributed by atoms with Crippen LogP contribution in [-0.2, 0) is 16.8 Å². The first kappa shape index (κ1) is 18.9. The van der Waals surface area contributed by atoms with Gasteiger partial charge < -0.3 is 19.8 Å². The second-order valence-electron chi connectivity index (χ2n) is 4.31. The third kappa shape index (κ3) is 6.74. The summed E-state index contributed by atoms with van der Waals surface area (Å²) in [5.74, 6) is -2.25. The molecule has 21 heavy (non-hydrogen) atoms. The standard InChI is InChI=1S/2C8H8O2.Co/c2*1-6-2-4-7(5-3-6)8(9)10;/h2*2-5H,1H3,(H,9,10);/q;;+2/p-2. The molecule has 1 radical (unpaired) electrons. The van der Waals surface area contributed by atoms with Gasteiger partial charge in [-0.25, -0.2) is 0 Å². The van der Waals surface area contributed by atoms with Crippen molar-refractivity contribution in [1.29, 1.82) is 0 Å². The Hall–Kier alpha value is -2.11. The van der Waals surface area contributed by atoms with Crippen molar-refractivity contribution >= 4 is 11.9 Å². The fourth-order valence-corrected chi connectivity index (χ4v) is 1.38. The maximum atomic E-state index is 10.2. The number of hydrogen-bond acceptors (Lipinski definition) is 4. The number of carbonyl (C=O) groups excluding carboxylic acids is 2. The SMILES string of the molecule is Cc1ccc(C(=O)[O-])cc1.Cc1ccc(C(=O)[O-])cc1.[Co+2]. The van der Waals surface area contributed by atoms with Crippen molar-refractivity contribution < 1.29 is 36.6 Å². The molecule has 0 atom stereocenters. The van der Waals surface area contributed by atoms with Gasteiger partial charge in [0.25, 0.3) is 0 Å². The van der Waals surface area contributed by atoms with Gasteiger partial charge in [0.1, 0.15) is 0 Å². The zero-order valence-corrected chi connectivity index (χ0v) is 12.6. The number of carbonyl (C=O) groups is 2. The molecule has 0 aliphatic heterocycles. The molecular weight excluding hydrogens is 315 g/mol. The summed E-state index contributed by atoms with van der Waals surface area (Å²) >= 11 is 0. The number of aromatic carboxylic acids is 2. The van der Waals surface area contributed by atoms with Gasteiger partial charge in [-0.3, -0.25) is 0 Å². The first-order chi connectivity index (χ1) is 9.40. The second kappa shape index (κ2) is 8.94. The van der Waals surface area contributed by atoms with Gasteiger partial charge in [-0.1, -0.05) is 59.7 Å². The monoisotopic (exact) mass is 329 g/mol. The number of carboxylic acid groups (broad SMARTS) is 2. The van der Waals surface area contributed by atoms with Crippen molar-refractivity contribution in [2.24, 2.45) is 0 Å². The van der Waals surface area contributed by atoms with E-state index in [-0.39, 0.29) is 27.9 Å². The number of rotatable bonds is 2. The smallest absolute Gasteiger partial charge is 0.545 e. The van der Waals surface area contributed by atoms with E-state index in [1.54, 1.807) is 24.3 Å². The molecule has 0 spiro atoms. The molecule has 5 heteroatoms. The van der Waals surface area contributed by atoms with Gasteiger partial charge in [0.15, 0.2) is 0 Å². The molecule has 0 aliphatic rings. The molecule has 2 aromatic rings. The fourth-order valence-electron chi connectivity index (χ4n) is 1.38. The molecule has 2 rings (SSSR count). The fraction of sp³-hybridized carbons (Fsp3) is 0.125. The third-order valence-corrected chi connectivity index (χ3v) is 2.57. The molecule has 111 valence electrons. The van der Waals surface area contributed by atoms with E-state index in [0.717, 1.165) is 11.1 Å². The Balaban J connectivity index is 0.000000364. The average Bonchev–Trinajstić information content (AvgIpc) is 2.40. The third-order valence-electron chi connectivity index (χ3n) is 2.57. The van der Waals surface area contributed by atoms with Crippen LogP contribution >= 0.6 is 0 Å². The Bertz CT molecular complexity index is 533. The van der Waals surface area contributed by atoms with Crippen molar-refractivity contribution in [3.8, 4) is 0 Å². The maximum Gasteiger partial charge on any atom is 2.00 e. The van der Waals surface area contributed by atoms with E-state index in [4.69, 9.17) is 0 Å². The van der Waals surface area contributed by atoms with Gasteiger partial charge in [-0.15, -0.1) is 0 Å². The van der Waals surface area contributed by atoms with Gasteiger partial charge in [0.2, 0.25) is 0 Å². The van der Waals surface area contributed by atoms with Crippen molar-refractivity contribution in [2.75, 3.05) is 0 Å². The van der Waals surface area contributed by atoms with Crippen LogP contribution in [0.5, 0.6) is 0 Å². The van der Waals surface area contributed by atoms with Crippen molar-refractivity contribution in [3.05, 3.63) is 70.8 Å². The van der Waals surface area contributed by atoms with E-state index in [1.165, 1.54) is 24.3 Å². The summed E-state index contributed by atoms with van der Waals surface area (Å²) in [6.45, 7) is 3.80. The topological polar surface area (TPSA) is 80.3 Å². The van der Waals surface area contributed by atoms with E-state index in [9.17, 15) is 19.8 Å². The predicted molar refractivity (Wildman–Crippen MR) is 71.0 cm³/mol. The minimum absolute atomic E-state index is 0. The van der Waals surface area contributed by atoms with Gasteiger partial charge in [0.05, 0.1) is 11.9 Å². The van der Waals surface area contributed by atoms with Crippen LogP contribution < -0.4 is 10.2 Å². The van der Waals surface area contributed by atoms with Gasteiger partial charge >= 0.3 is 16.8 Å². The molecule has 0 fully saturated rings. The molecule has 0 aromatic heterocycles. The maximum absolute atomic E-state index is 10.2. The molecule has 0 aliphatic carbocycles. The van der Waals surface area contributed by atoms with Crippen LogP contribution in [0.25, 0.3) is 0 Å². The number of carboxylic acids is 2. The molecule has 0 bridgehead atoms. The summed E-state index contributed by atoms with van der Waals surface area (Å²) in [6.07, 6.45) is 0. The summed E-state index contributed by atoms with van der Waals surface area (Å²) < 4.78 is 0. The Morgan fingerprint density at radius 1 is 0.667 bits per heavy atom. The van der Waals surface area contributed by atoms with Crippen LogP contribution in [0.1, 0.15) is 31.8 Å². The van der Waals surface area contributed by atoms with E-state index < -0.39 is 11.9 Å². The summed E-state index contributed by atoms with van der Waals surface area (Å²) in [7, 11) is 0. The van der Waals surface area contributed by atoms with Crippen LogP contribution in [0.3, 0.4) is 0 Å². The first-order valence-corrected chi connectivity index (χ1v) is 5.96. The molecule has 0 saturated carbocycles. The zero-order chi connectivity index (χ0) is 15.1. The molecular formula is C16H14CoO4. The average molecular weight is 329 g/mol. The molecule has 0 unspecified atom stereocenters. The molecule has 0 saturated heterocycles. The van der Waals surface area contributed by atoms with Crippen molar-refractivity contribution in [1.82, 2.24) is 0 Å². The number of hydrogen-bond donors (Lipinski definition) is 0. The number of aryl methyl sites for hydroxylation is 2.